The molecule has 0 radical (unpaired) electrons. The SMILES string of the molecule is O=C(Cl)COc1ccc2c(c1)CCN2C(=O)CCl. The molecule has 0 fully saturated rings. The van der Waals surface area contributed by atoms with Crippen molar-refractivity contribution >= 4 is 40.0 Å². The molecule has 0 bridgehead atoms. The predicted octanol–water partition coefficient (Wildman–Crippen LogP) is 1.96. The third-order valence-electron chi connectivity index (χ3n) is 2.71. The number of amides is 1. The zero-order chi connectivity index (χ0) is 13.1. The summed E-state index contributed by atoms with van der Waals surface area (Å²) in [5, 5.41) is -0.547. The summed E-state index contributed by atoms with van der Waals surface area (Å²) in [6, 6.07) is 5.32. The number of fused-ring (bicyclic) bond motifs is 1. The van der Waals surface area contributed by atoms with Crippen LogP contribution in [0.1, 0.15) is 5.56 Å². The van der Waals surface area contributed by atoms with E-state index >= 15 is 0 Å². The minimum Gasteiger partial charge on any atom is -0.484 e. The van der Waals surface area contributed by atoms with Gasteiger partial charge in [-0.3, -0.25) is 9.59 Å². The summed E-state index contributed by atoms with van der Waals surface area (Å²) >= 11 is 10.7. The van der Waals surface area contributed by atoms with Crippen molar-refractivity contribution in [1.82, 2.24) is 0 Å². The molecule has 0 unspecified atom stereocenters. The number of ether oxygens (including phenoxy) is 1. The van der Waals surface area contributed by atoms with Gasteiger partial charge in [0.05, 0.1) is 0 Å². The Morgan fingerprint density at radius 3 is 2.83 bits per heavy atom. The molecule has 1 aliphatic rings. The van der Waals surface area contributed by atoms with Crippen LogP contribution >= 0.6 is 23.2 Å². The number of nitrogens with zero attached hydrogens (tertiary/aromatic N) is 1. The van der Waals surface area contributed by atoms with Gasteiger partial charge in [0, 0.05) is 12.2 Å². The van der Waals surface area contributed by atoms with Crippen molar-refractivity contribution in [3.8, 4) is 5.75 Å². The molecule has 1 heterocycles. The maximum absolute atomic E-state index is 11.6. The molecule has 0 aromatic heterocycles. The van der Waals surface area contributed by atoms with Crippen LogP contribution in [-0.2, 0) is 16.0 Å². The molecule has 0 aliphatic carbocycles. The largest absolute Gasteiger partial charge is 0.484 e. The number of hydrogen-bond donors (Lipinski definition) is 0. The lowest BCUT2D eigenvalue weighted by Gasteiger charge is -2.15. The van der Waals surface area contributed by atoms with Crippen LogP contribution in [0.25, 0.3) is 0 Å². The van der Waals surface area contributed by atoms with Crippen molar-refractivity contribution in [1.29, 1.82) is 0 Å². The molecule has 0 saturated carbocycles. The minimum atomic E-state index is -0.547. The van der Waals surface area contributed by atoms with Crippen LogP contribution in [0.4, 0.5) is 5.69 Å². The summed E-state index contributed by atoms with van der Waals surface area (Å²) in [6.07, 6.45) is 0.754. The number of benzene rings is 1. The van der Waals surface area contributed by atoms with E-state index in [1.807, 2.05) is 6.07 Å². The fraction of sp³-hybridized carbons (Fsp3) is 0.333. The summed E-state index contributed by atoms with van der Waals surface area (Å²) in [7, 11) is 0. The first-order valence-corrected chi connectivity index (χ1v) is 6.33. The van der Waals surface area contributed by atoms with Crippen LogP contribution in [0.15, 0.2) is 18.2 Å². The molecule has 0 saturated heterocycles. The highest BCUT2D eigenvalue weighted by Gasteiger charge is 2.24. The average molecular weight is 288 g/mol. The second kappa shape index (κ2) is 5.59. The molecule has 4 nitrogen and oxygen atoms in total. The minimum absolute atomic E-state index is 0.0293. The summed E-state index contributed by atoms with van der Waals surface area (Å²) < 4.78 is 5.20. The highest BCUT2D eigenvalue weighted by atomic mass is 35.5. The van der Waals surface area contributed by atoms with Crippen molar-refractivity contribution < 1.29 is 14.3 Å². The molecule has 0 N–H and O–H groups in total. The molecule has 1 aromatic carbocycles. The maximum Gasteiger partial charge on any atom is 0.259 e. The van der Waals surface area contributed by atoms with Crippen LogP contribution in [0.2, 0.25) is 0 Å². The Balaban J connectivity index is 2.15. The molecular formula is C12H11Cl2NO3. The Labute approximate surface area is 114 Å². The molecule has 0 atom stereocenters. The molecule has 1 amide bonds. The highest BCUT2D eigenvalue weighted by molar-refractivity contribution is 6.63. The zero-order valence-corrected chi connectivity index (χ0v) is 11.0. The van der Waals surface area contributed by atoms with Gasteiger partial charge in [-0.15, -0.1) is 11.6 Å². The molecule has 2 rings (SSSR count). The fourth-order valence-corrected chi connectivity index (χ4v) is 2.14. The third kappa shape index (κ3) is 2.76. The highest BCUT2D eigenvalue weighted by Crippen LogP contribution is 2.31. The summed E-state index contributed by atoms with van der Waals surface area (Å²) in [6.45, 7) is 0.462. The number of halogens is 2. The topological polar surface area (TPSA) is 46.6 Å². The lowest BCUT2D eigenvalue weighted by molar-refractivity contribution is -0.116. The van der Waals surface area contributed by atoms with E-state index in [1.165, 1.54) is 0 Å². The van der Waals surface area contributed by atoms with Crippen LogP contribution in [0.5, 0.6) is 5.75 Å². The Bertz CT molecular complexity index is 490. The second-order valence-corrected chi connectivity index (χ2v) is 4.55. The average Bonchev–Trinajstić information content (AvgIpc) is 2.78. The Kier molecular flexibility index (Phi) is 4.09. The van der Waals surface area contributed by atoms with Gasteiger partial charge in [-0.1, -0.05) is 0 Å². The smallest absolute Gasteiger partial charge is 0.259 e. The quantitative estimate of drug-likeness (QED) is 0.628. The zero-order valence-electron chi connectivity index (χ0n) is 9.49. The van der Waals surface area contributed by atoms with Crippen LogP contribution in [0.3, 0.4) is 0 Å². The number of alkyl halides is 1. The van der Waals surface area contributed by atoms with Crippen LogP contribution < -0.4 is 9.64 Å². The molecule has 1 aliphatic heterocycles. The van der Waals surface area contributed by atoms with Gasteiger partial charge in [0.15, 0.2) is 6.61 Å². The van der Waals surface area contributed by atoms with Gasteiger partial charge in [0.25, 0.3) is 5.24 Å². The van der Waals surface area contributed by atoms with E-state index in [0.29, 0.717) is 12.3 Å². The molecule has 1 aromatic rings. The van der Waals surface area contributed by atoms with Gasteiger partial charge in [0.1, 0.15) is 11.6 Å². The standard InChI is InChI=1S/C12H11Cl2NO3/c13-6-12(17)15-4-3-8-5-9(1-2-10(8)15)18-7-11(14)16/h1-2,5H,3-4,6-7H2. The van der Waals surface area contributed by atoms with Gasteiger partial charge in [-0.25, -0.2) is 0 Å². The van der Waals surface area contributed by atoms with Crippen molar-refractivity contribution in [2.75, 3.05) is 23.9 Å². The van der Waals surface area contributed by atoms with Gasteiger partial charge in [0.2, 0.25) is 5.91 Å². The van der Waals surface area contributed by atoms with Gasteiger partial charge < -0.3 is 9.64 Å². The summed E-state index contributed by atoms with van der Waals surface area (Å²) in [5.41, 5.74) is 1.86. The van der Waals surface area contributed by atoms with Crippen molar-refractivity contribution in [3.63, 3.8) is 0 Å². The lowest BCUT2D eigenvalue weighted by atomic mass is 10.1. The number of rotatable bonds is 4. The normalized spacial score (nSPS) is 13.3. The van der Waals surface area contributed by atoms with E-state index in [1.54, 1.807) is 17.0 Å². The maximum atomic E-state index is 11.6. The molecule has 6 heteroatoms. The van der Waals surface area contributed by atoms with Gasteiger partial charge in [-0.05, 0) is 41.8 Å². The first-order valence-electron chi connectivity index (χ1n) is 5.42. The molecule has 0 spiro atoms. The number of anilines is 1. The van der Waals surface area contributed by atoms with Crippen LogP contribution in [-0.4, -0.2) is 30.2 Å². The van der Waals surface area contributed by atoms with Crippen molar-refractivity contribution in [2.24, 2.45) is 0 Å². The molecule has 96 valence electrons. The fourth-order valence-electron chi connectivity index (χ4n) is 1.94. The van der Waals surface area contributed by atoms with Gasteiger partial charge >= 0.3 is 0 Å². The Morgan fingerprint density at radius 1 is 1.39 bits per heavy atom. The Hall–Kier alpha value is -1.26. The lowest BCUT2D eigenvalue weighted by Crippen LogP contribution is -2.29. The van der Waals surface area contributed by atoms with Crippen molar-refractivity contribution in [3.05, 3.63) is 23.8 Å². The van der Waals surface area contributed by atoms with E-state index in [4.69, 9.17) is 27.9 Å². The number of carbonyl (C=O) groups is 2. The first-order chi connectivity index (χ1) is 8.61. The van der Waals surface area contributed by atoms with E-state index < -0.39 is 5.24 Å². The summed E-state index contributed by atoms with van der Waals surface area (Å²) in [4.78, 5) is 23.8. The van der Waals surface area contributed by atoms with Crippen LogP contribution in [0, 0.1) is 0 Å². The monoisotopic (exact) mass is 287 g/mol. The third-order valence-corrected chi connectivity index (χ3v) is 3.05. The van der Waals surface area contributed by atoms with E-state index in [-0.39, 0.29) is 18.4 Å². The molecule has 18 heavy (non-hydrogen) atoms. The van der Waals surface area contributed by atoms with Crippen molar-refractivity contribution in [2.45, 2.75) is 6.42 Å². The molecular weight excluding hydrogens is 277 g/mol. The Morgan fingerprint density at radius 2 is 2.17 bits per heavy atom. The second-order valence-electron chi connectivity index (χ2n) is 3.86. The van der Waals surface area contributed by atoms with E-state index in [2.05, 4.69) is 0 Å². The predicted molar refractivity (Wildman–Crippen MR) is 69.6 cm³/mol. The number of carbonyl (C=O) groups excluding carboxylic acids is 2. The van der Waals surface area contributed by atoms with Gasteiger partial charge in [-0.2, -0.15) is 0 Å². The van der Waals surface area contributed by atoms with E-state index in [0.717, 1.165) is 17.7 Å². The number of hydrogen-bond acceptors (Lipinski definition) is 3. The van der Waals surface area contributed by atoms with E-state index in [9.17, 15) is 9.59 Å². The summed E-state index contributed by atoms with van der Waals surface area (Å²) in [5.74, 6) is 0.432. The first kappa shape index (κ1) is 13.2.